The molecule has 0 aliphatic rings. The van der Waals surface area contributed by atoms with Crippen molar-refractivity contribution in [3.8, 4) is 0 Å². The number of aromatic nitrogens is 2. The molecule has 2 rings (SSSR count). The molecule has 1 N–H and O–H groups in total. The van der Waals surface area contributed by atoms with Crippen LogP contribution in [0.5, 0.6) is 0 Å². The monoisotopic (exact) mass is 244 g/mol. The van der Waals surface area contributed by atoms with Crippen molar-refractivity contribution >= 4 is 11.4 Å². The van der Waals surface area contributed by atoms with E-state index in [0.29, 0.717) is 12.2 Å². The summed E-state index contributed by atoms with van der Waals surface area (Å²) in [5.41, 5.74) is 1.62. The van der Waals surface area contributed by atoms with Crippen molar-refractivity contribution in [1.82, 2.24) is 9.97 Å². The van der Waals surface area contributed by atoms with Crippen molar-refractivity contribution in [2.24, 2.45) is 0 Å². The highest BCUT2D eigenvalue weighted by Crippen LogP contribution is 2.21. The molecule has 0 fully saturated rings. The van der Waals surface area contributed by atoms with Crippen LogP contribution < -0.4 is 5.32 Å². The lowest BCUT2D eigenvalue weighted by Gasteiger charge is -2.06. The summed E-state index contributed by atoms with van der Waals surface area (Å²) in [5, 5.41) is 13.8. The number of pyridine rings is 2. The first kappa shape index (κ1) is 12.0. The van der Waals surface area contributed by atoms with Crippen LogP contribution in [-0.2, 0) is 6.42 Å². The maximum Gasteiger partial charge on any atom is 0.310 e. The number of nitro groups is 1. The number of rotatable bonds is 5. The molecule has 0 aliphatic carbocycles. The fourth-order valence-corrected chi connectivity index (χ4v) is 1.57. The number of hydrogen-bond acceptors (Lipinski definition) is 5. The standard InChI is InChI=1S/C12H12N4O2/c17-16(18)12-9-14-7-4-11(12)15-8-3-10-1-5-13-6-2-10/h1-2,4-7,9H,3,8H2,(H,14,15). The molecule has 0 aromatic carbocycles. The van der Waals surface area contributed by atoms with Gasteiger partial charge in [0.05, 0.1) is 4.92 Å². The minimum atomic E-state index is -0.443. The predicted octanol–water partition coefficient (Wildman–Crippen LogP) is 2.04. The molecule has 0 atom stereocenters. The Morgan fingerprint density at radius 2 is 1.89 bits per heavy atom. The Morgan fingerprint density at radius 3 is 2.61 bits per heavy atom. The summed E-state index contributed by atoms with van der Waals surface area (Å²) in [5.74, 6) is 0. The van der Waals surface area contributed by atoms with Gasteiger partial charge in [-0.15, -0.1) is 0 Å². The second-order valence-electron chi connectivity index (χ2n) is 3.68. The van der Waals surface area contributed by atoms with Gasteiger partial charge in [-0.3, -0.25) is 20.1 Å². The van der Waals surface area contributed by atoms with Crippen LogP contribution in [0.3, 0.4) is 0 Å². The van der Waals surface area contributed by atoms with Gasteiger partial charge in [-0.05, 0) is 30.2 Å². The average molecular weight is 244 g/mol. The van der Waals surface area contributed by atoms with E-state index in [1.807, 2.05) is 12.1 Å². The highest BCUT2D eigenvalue weighted by Gasteiger charge is 2.12. The lowest BCUT2D eigenvalue weighted by Crippen LogP contribution is -2.07. The molecule has 0 unspecified atom stereocenters. The fourth-order valence-electron chi connectivity index (χ4n) is 1.57. The molecular formula is C12H12N4O2. The molecule has 0 aliphatic heterocycles. The summed E-state index contributed by atoms with van der Waals surface area (Å²) >= 11 is 0. The Kier molecular flexibility index (Phi) is 3.80. The first-order chi connectivity index (χ1) is 8.77. The Morgan fingerprint density at radius 1 is 1.17 bits per heavy atom. The molecule has 0 radical (unpaired) electrons. The molecule has 0 bridgehead atoms. The summed E-state index contributed by atoms with van der Waals surface area (Å²) in [4.78, 5) is 18.0. The van der Waals surface area contributed by atoms with Crippen LogP contribution in [0.25, 0.3) is 0 Å². The molecular weight excluding hydrogens is 232 g/mol. The molecule has 18 heavy (non-hydrogen) atoms. The predicted molar refractivity (Wildman–Crippen MR) is 67.3 cm³/mol. The smallest absolute Gasteiger partial charge is 0.310 e. The van der Waals surface area contributed by atoms with Crippen molar-refractivity contribution < 1.29 is 4.92 Å². The first-order valence-corrected chi connectivity index (χ1v) is 5.48. The molecule has 0 spiro atoms. The van der Waals surface area contributed by atoms with Crippen LogP contribution in [-0.4, -0.2) is 21.4 Å². The molecule has 0 saturated heterocycles. The topological polar surface area (TPSA) is 81.0 Å². The minimum Gasteiger partial charge on any atom is -0.379 e. The zero-order valence-corrected chi connectivity index (χ0v) is 9.61. The average Bonchev–Trinajstić information content (AvgIpc) is 2.40. The normalized spacial score (nSPS) is 10.0. The lowest BCUT2D eigenvalue weighted by molar-refractivity contribution is -0.384. The van der Waals surface area contributed by atoms with Crippen LogP contribution in [0.2, 0.25) is 0 Å². The zero-order valence-electron chi connectivity index (χ0n) is 9.61. The van der Waals surface area contributed by atoms with Crippen molar-refractivity contribution in [1.29, 1.82) is 0 Å². The SMILES string of the molecule is O=[N+]([O-])c1cnccc1NCCc1ccncc1. The number of hydrogen-bond donors (Lipinski definition) is 1. The van der Waals surface area contributed by atoms with Gasteiger partial charge in [-0.2, -0.15) is 0 Å². The van der Waals surface area contributed by atoms with E-state index in [4.69, 9.17) is 0 Å². The third-order valence-electron chi connectivity index (χ3n) is 2.48. The van der Waals surface area contributed by atoms with Gasteiger partial charge in [0.15, 0.2) is 0 Å². The number of nitrogens with one attached hydrogen (secondary N) is 1. The summed E-state index contributed by atoms with van der Waals surface area (Å²) in [7, 11) is 0. The van der Waals surface area contributed by atoms with Gasteiger partial charge in [0.25, 0.3) is 0 Å². The Bertz CT molecular complexity index is 531. The van der Waals surface area contributed by atoms with E-state index in [9.17, 15) is 10.1 Å². The second kappa shape index (κ2) is 5.72. The summed E-state index contributed by atoms with van der Waals surface area (Å²) in [6.45, 7) is 0.620. The molecule has 2 aromatic rings. The fraction of sp³-hybridized carbons (Fsp3) is 0.167. The van der Waals surface area contributed by atoms with Crippen molar-refractivity contribution in [2.75, 3.05) is 11.9 Å². The van der Waals surface area contributed by atoms with Gasteiger partial charge in [-0.1, -0.05) is 0 Å². The van der Waals surface area contributed by atoms with E-state index in [2.05, 4.69) is 15.3 Å². The van der Waals surface area contributed by atoms with Crippen molar-refractivity contribution in [3.05, 3.63) is 58.7 Å². The quantitative estimate of drug-likeness (QED) is 0.643. The van der Waals surface area contributed by atoms with Crippen LogP contribution in [0, 0.1) is 10.1 Å². The van der Waals surface area contributed by atoms with Crippen molar-refractivity contribution in [3.63, 3.8) is 0 Å². The second-order valence-corrected chi connectivity index (χ2v) is 3.68. The van der Waals surface area contributed by atoms with Crippen LogP contribution in [0.1, 0.15) is 5.56 Å². The summed E-state index contributed by atoms with van der Waals surface area (Å²) in [6.07, 6.45) is 7.01. The van der Waals surface area contributed by atoms with E-state index in [1.165, 1.54) is 12.4 Å². The molecule has 2 heterocycles. The van der Waals surface area contributed by atoms with E-state index in [0.717, 1.165) is 12.0 Å². The first-order valence-electron chi connectivity index (χ1n) is 5.48. The molecule has 2 aromatic heterocycles. The van der Waals surface area contributed by atoms with Crippen LogP contribution >= 0.6 is 0 Å². The van der Waals surface area contributed by atoms with Crippen LogP contribution in [0.4, 0.5) is 11.4 Å². The van der Waals surface area contributed by atoms with Gasteiger partial charge in [-0.25, -0.2) is 0 Å². The van der Waals surface area contributed by atoms with Crippen molar-refractivity contribution in [2.45, 2.75) is 6.42 Å². The summed E-state index contributed by atoms with van der Waals surface area (Å²) < 4.78 is 0. The van der Waals surface area contributed by atoms with Gasteiger partial charge in [0, 0.05) is 25.1 Å². The molecule has 6 nitrogen and oxygen atoms in total. The molecule has 0 saturated carbocycles. The largest absolute Gasteiger partial charge is 0.379 e. The summed E-state index contributed by atoms with van der Waals surface area (Å²) in [6, 6.07) is 5.44. The lowest BCUT2D eigenvalue weighted by atomic mass is 10.2. The highest BCUT2D eigenvalue weighted by atomic mass is 16.6. The Labute approximate surface area is 104 Å². The van der Waals surface area contributed by atoms with Gasteiger partial charge >= 0.3 is 5.69 Å². The van der Waals surface area contributed by atoms with E-state index in [-0.39, 0.29) is 5.69 Å². The maximum absolute atomic E-state index is 10.8. The third-order valence-corrected chi connectivity index (χ3v) is 2.48. The third kappa shape index (κ3) is 3.00. The van der Waals surface area contributed by atoms with Gasteiger partial charge < -0.3 is 5.32 Å². The maximum atomic E-state index is 10.8. The van der Waals surface area contributed by atoms with Gasteiger partial charge in [0.2, 0.25) is 0 Å². The number of nitrogens with zero attached hydrogens (tertiary/aromatic N) is 3. The molecule has 0 amide bonds. The van der Waals surface area contributed by atoms with Crippen LogP contribution in [0.15, 0.2) is 43.0 Å². The van der Waals surface area contributed by atoms with E-state index in [1.54, 1.807) is 18.5 Å². The van der Waals surface area contributed by atoms with Gasteiger partial charge in [0.1, 0.15) is 11.9 Å². The van der Waals surface area contributed by atoms with E-state index < -0.39 is 4.92 Å². The highest BCUT2D eigenvalue weighted by molar-refractivity contribution is 5.59. The Balaban J connectivity index is 1.97. The molecule has 6 heteroatoms. The zero-order chi connectivity index (χ0) is 12.8. The minimum absolute atomic E-state index is 0.00720. The van der Waals surface area contributed by atoms with E-state index >= 15 is 0 Å². The number of anilines is 1. The molecule has 92 valence electrons. The Hall–Kier alpha value is -2.50.